The summed E-state index contributed by atoms with van der Waals surface area (Å²) in [6.07, 6.45) is 7.45. The maximum Gasteiger partial charge on any atom is 0.242 e. The Kier molecular flexibility index (Phi) is 5.97. The zero-order valence-electron chi connectivity index (χ0n) is 11.3. The highest BCUT2D eigenvalue weighted by atomic mass is 35.5. The van der Waals surface area contributed by atoms with Crippen molar-refractivity contribution < 1.29 is 8.42 Å². The van der Waals surface area contributed by atoms with Crippen LogP contribution in [0, 0.1) is 0 Å². The van der Waals surface area contributed by atoms with E-state index in [0.29, 0.717) is 6.54 Å². The molecular weight excluding hydrogens is 353 g/mol. The van der Waals surface area contributed by atoms with Crippen molar-refractivity contribution in [3.63, 3.8) is 0 Å². The molecule has 116 valence electrons. The molecule has 0 heterocycles. The maximum absolute atomic E-state index is 12.2. The Bertz CT molecular complexity index is 656. The van der Waals surface area contributed by atoms with Gasteiger partial charge in [-0.1, -0.05) is 46.5 Å². The SMILES string of the molecule is O=S(=O)(NCCC1=CCCCC1)c1cc(Cl)c(Cl)cc1Cl. The molecule has 0 radical (unpaired) electrons. The summed E-state index contributed by atoms with van der Waals surface area (Å²) in [5.74, 6) is 0. The first-order valence-corrected chi connectivity index (χ1v) is 9.34. The van der Waals surface area contributed by atoms with Gasteiger partial charge in [-0.05, 0) is 44.2 Å². The molecule has 1 aliphatic rings. The molecule has 7 heteroatoms. The summed E-state index contributed by atoms with van der Waals surface area (Å²) in [6, 6.07) is 2.61. The number of hydrogen-bond acceptors (Lipinski definition) is 2. The van der Waals surface area contributed by atoms with Gasteiger partial charge in [0.25, 0.3) is 0 Å². The van der Waals surface area contributed by atoms with Gasteiger partial charge < -0.3 is 0 Å². The van der Waals surface area contributed by atoms with Crippen LogP contribution in [0.25, 0.3) is 0 Å². The van der Waals surface area contributed by atoms with E-state index < -0.39 is 10.0 Å². The van der Waals surface area contributed by atoms with Gasteiger partial charge in [0.2, 0.25) is 10.0 Å². The predicted octanol–water partition coefficient (Wildman–Crippen LogP) is 4.82. The molecule has 0 atom stereocenters. The lowest BCUT2D eigenvalue weighted by atomic mass is 9.97. The molecule has 3 nitrogen and oxygen atoms in total. The van der Waals surface area contributed by atoms with Crippen molar-refractivity contribution in [3.8, 4) is 0 Å². The maximum atomic E-state index is 12.2. The first-order chi connectivity index (χ1) is 9.90. The summed E-state index contributed by atoms with van der Waals surface area (Å²) in [4.78, 5) is -0.0452. The van der Waals surface area contributed by atoms with Gasteiger partial charge in [-0.2, -0.15) is 0 Å². The van der Waals surface area contributed by atoms with Gasteiger partial charge in [0.15, 0.2) is 0 Å². The van der Waals surface area contributed by atoms with E-state index in [9.17, 15) is 8.42 Å². The molecule has 0 saturated heterocycles. The zero-order chi connectivity index (χ0) is 15.5. The second kappa shape index (κ2) is 7.34. The van der Waals surface area contributed by atoms with Crippen molar-refractivity contribution >= 4 is 44.8 Å². The average molecular weight is 369 g/mol. The Morgan fingerprint density at radius 3 is 2.43 bits per heavy atom. The van der Waals surface area contributed by atoms with E-state index in [2.05, 4.69) is 10.8 Å². The summed E-state index contributed by atoms with van der Waals surface area (Å²) in [6.45, 7) is 0.352. The lowest BCUT2D eigenvalue weighted by Crippen LogP contribution is -2.25. The van der Waals surface area contributed by atoms with Gasteiger partial charge in [-0.3, -0.25) is 0 Å². The molecule has 0 spiro atoms. The van der Waals surface area contributed by atoms with Crippen molar-refractivity contribution in [2.45, 2.75) is 37.0 Å². The van der Waals surface area contributed by atoms with Crippen molar-refractivity contribution in [2.24, 2.45) is 0 Å². The van der Waals surface area contributed by atoms with Crippen LogP contribution in [0.3, 0.4) is 0 Å². The molecule has 1 N–H and O–H groups in total. The third-order valence-corrected chi connectivity index (χ3v) is 6.04. The van der Waals surface area contributed by atoms with E-state index in [1.807, 2.05) is 0 Å². The zero-order valence-corrected chi connectivity index (χ0v) is 14.4. The van der Waals surface area contributed by atoms with Crippen LogP contribution >= 0.6 is 34.8 Å². The standard InChI is InChI=1S/C14H16Cl3NO2S/c15-11-8-13(17)14(9-12(11)16)21(19,20)18-7-6-10-4-2-1-3-5-10/h4,8-9,18H,1-3,5-7H2. The molecule has 0 amide bonds. The van der Waals surface area contributed by atoms with Crippen LogP contribution in [0.2, 0.25) is 15.1 Å². The molecule has 0 bridgehead atoms. The minimum absolute atomic E-state index is 0.0452. The molecule has 1 aromatic carbocycles. The lowest BCUT2D eigenvalue weighted by Gasteiger charge is -2.13. The van der Waals surface area contributed by atoms with Crippen molar-refractivity contribution in [1.82, 2.24) is 4.72 Å². The fourth-order valence-corrected chi connectivity index (χ4v) is 4.30. The number of halogens is 3. The van der Waals surface area contributed by atoms with Crippen LogP contribution in [-0.4, -0.2) is 15.0 Å². The molecule has 0 unspecified atom stereocenters. The number of nitrogens with one attached hydrogen (secondary N) is 1. The fraction of sp³-hybridized carbons (Fsp3) is 0.429. The number of sulfonamides is 1. The Morgan fingerprint density at radius 1 is 1.05 bits per heavy atom. The van der Waals surface area contributed by atoms with Crippen LogP contribution in [0.15, 0.2) is 28.7 Å². The summed E-state index contributed by atoms with van der Waals surface area (Å²) >= 11 is 17.6. The highest BCUT2D eigenvalue weighted by molar-refractivity contribution is 7.89. The van der Waals surface area contributed by atoms with Gasteiger partial charge in [0.05, 0.1) is 15.1 Å². The highest BCUT2D eigenvalue weighted by Crippen LogP contribution is 2.31. The summed E-state index contributed by atoms with van der Waals surface area (Å²) in [5, 5.41) is 0.457. The molecule has 1 aromatic rings. The van der Waals surface area contributed by atoms with Gasteiger partial charge in [0.1, 0.15) is 4.90 Å². The van der Waals surface area contributed by atoms with E-state index >= 15 is 0 Å². The number of allylic oxidation sites excluding steroid dienone is 1. The van der Waals surface area contributed by atoms with Crippen molar-refractivity contribution in [3.05, 3.63) is 38.8 Å². The average Bonchev–Trinajstić information content (AvgIpc) is 2.43. The van der Waals surface area contributed by atoms with E-state index in [0.717, 1.165) is 19.3 Å². The summed E-state index contributed by atoms with van der Waals surface area (Å²) < 4.78 is 27.0. The summed E-state index contributed by atoms with van der Waals surface area (Å²) in [7, 11) is -3.68. The molecule has 2 rings (SSSR count). The monoisotopic (exact) mass is 367 g/mol. The minimum Gasteiger partial charge on any atom is -0.211 e. The first kappa shape index (κ1) is 17.1. The molecule has 21 heavy (non-hydrogen) atoms. The Hall–Kier alpha value is -0.260. The van der Waals surface area contributed by atoms with Crippen LogP contribution < -0.4 is 4.72 Å². The van der Waals surface area contributed by atoms with Crippen molar-refractivity contribution in [1.29, 1.82) is 0 Å². The molecule has 0 saturated carbocycles. The Labute approximate surface area is 140 Å². The van der Waals surface area contributed by atoms with Gasteiger partial charge in [-0.25, -0.2) is 13.1 Å². The van der Waals surface area contributed by atoms with E-state index in [1.54, 1.807) is 0 Å². The van der Waals surface area contributed by atoms with E-state index in [-0.39, 0.29) is 20.0 Å². The number of rotatable bonds is 5. The van der Waals surface area contributed by atoms with E-state index in [4.69, 9.17) is 34.8 Å². The largest absolute Gasteiger partial charge is 0.242 e. The molecule has 0 fully saturated rings. The fourth-order valence-electron chi connectivity index (χ4n) is 2.27. The molecule has 0 aromatic heterocycles. The topological polar surface area (TPSA) is 46.2 Å². The molecule has 1 aliphatic carbocycles. The van der Waals surface area contributed by atoms with E-state index in [1.165, 1.54) is 30.5 Å². The van der Waals surface area contributed by atoms with Gasteiger partial charge in [0, 0.05) is 6.54 Å². The summed E-state index contributed by atoms with van der Waals surface area (Å²) in [5.41, 5.74) is 1.31. The normalized spacial score (nSPS) is 15.9. The quantitative estimate of drug-likeness (QED) is 0.598. The van der Waals surface area contributed by atoms with Crippen LogP contribution in [-0.2, 0) is 10.0 Å². The second-order valence-electron chi connectivity index (χ2n) is 4.95. The second-order valence-corrected chi connectivity index (χ2v) is 7.91. The Balaban J connectivity index is 2.05. The van der Waals surface area contributed by atoms with Crippen LogP contribution in [0.5, 0.6) is 0 Å². The van der Waals surface area contributed by atoms with Crippen LogP contribution in [0.1, 0.15) is 32.1 Å². The smallest absolute Gasteiger partial charge is 0.211 e. The van der Waals surface area contributed by atoms with Crippen molar-refractivity contribution in [2.75, 3.05) is 6.54 Å². The first-order valence-electron chi connectivity index (χ1n) is 6.72. The van der Waals surface area contributed by atoms with Gasteiger partial charge >= 0.3 is 0 Å². The number of hydrogen-bond donors (Lipinski definition) is 1. The minimum atomic E-state index is -3.68. The highest BCUT2D eigenvalue weighted by Gasteiger charge is 2.19. The lowest BCUT2D eigenvalue weighted by molar-refractivity contribution is 0.579. The Morgan fingerprint density at radius 2 is 1.76 bits per heavy atom. The van der Waals surface area contributed by atoms with Crippen LogP contribution in [0.4, 0.5) is 0 Å². The molecule has 0 aliphatic heterocycles. The number of benzene rings is 1. The molecular formula is C14H16Cl3NO2S. The predicted molar refractivity (Wildman–Crippen MR) is 87.8 cm³/mol. The third-order valence-electron chi connectivity index (χ3n) is 3.39. The third kappa shape index (κ3) is 4.60. The van der Waals surface area contributed by atoms with Gasteiger partial charge in [-0.15, -0.1) is 0 Å².